The van der Waals surface area contributed by atoms with Crippen LogP contribution in [0.25, 0.3) is 0 Å². The molecule has 2 unspecified atom stereocenters. The van der Waals surface area contributed by atoms with Crippen molar-refractivity contribution in [2.75, 3.05) is 13.1 Å². The highest BCUT2D eigenvalue weighted by Crippen LogP contribution is 2.13. The molecular formula is C17H27FN2. The molecule has 3 heteroatoms. The first-order valence-electron chi connectivity index (χ1n) is 7.87. The maximum atomic E-state index is 13.0. The van der Waals surface area contributed by atoms with Gasteiger partial charge in [-0.2, -0.15) is 0 Å². The van der Waals surface area contributed by atoms with E-state index in [2.05, 4.69) is 17.6 Å². The summed E-state index contributed by atoms with van der Waals surface area (Å²) >= 11 is 0. The fourth-order valence-electron chi connectivity index (χ4n) is 3.03. The second-order valence-corrected chi connectivity index (χ2v) is 6.06. The highest BCUT2D eigenvalue weighted by molar-refractivity contribution is 5.26. The van der Waals surface area contributed by atoms with Gasteiger partial charge in [0.1, 0.15) is 5.82 Å². The molecule has 2 rings (SSSR count). The molecule has 1 aliphatic heterocycles. The average Bonchev–Trinajstić information content (AvgIpc) is 2.42. The Morgan fingerprint density at radius 2 is 2.25 bits per heavy atom. The predicted molar refractivity (Wildman–Crippen MR) is 82.6 cm³/mol. The molecule has 0 aliphatic carbocycles. The van der Waals surface area contributed by atoms with Crippen LogP contribution in [0.2, 0.25) is 0 Å². The molecule has 1 saturated heterocycles. The Kier molecular flexibility index (Phi) is 5.99. The fourth-order valence-corrected chi connectivity index (χ4v) is 3.03. The number of hydrogen-bond acceptors (Lipinski definition) is 2. The third-order valence-corrected chi connectivity index (χ3v) is 4.24. The highest BCUT2D eigenvalue weighted by Gasteiger charge is 2.15. The summed E-state index contributed by atoms with van der Waals surface area (Å²) in [6, 6.07) is 6.28. The molecule has 1 aromatic carbocycles. The summed E-state index contributed by atoms with van der Waals surface area (Å²) in [7, 11) is 0. The smallest absolute Gasteiger partial charge is 0.123 e. The Balaban J connectivity index is 1.69. The Labute approximate surface area is 122 Å². The van der Waals surface area contributed by atoms with Crippen LogP contribution in [0.15, 0.2) is 18.2 Å². The van der Waals surface area contributed by atoms with Crippen LogP contribution in [0.3, 0.4) is 0 Å². The quantitative estimate of drug-likeness (QED) is 0.835. The van der Waals surface area contributed by atoms with Crippen molar-refractivity contribution in [1.82, 2.24) is 10.6 Å². The van der Waals surface area contributed by atoms with E-state index in [1.165, 1.54) is 37.8 Å². The Bertz CT molecular complexity index is 413. The Hall–Kier alpha value is -0.930. The summed E-state index contributed by atoms with van der Waals surface area (Å²) in [4.78, 5) is 0. The highest BCUT2D eigenvalue weighted by atomic mass is 19.1. The van der Waals surface area contributed by atoms with E-state index in [9.17, 15) is 4.39 Å². The van der Waals surface area contributed by atoms with Crippen molar-refractivity contribution in [2.24, 2.45) is 0 Å². The van der Waals surface area contributed by atoms with Gasteiger partial charge in [-0.1, -0.05) is 12.5 Å². The number of hydrogen-bond donors (Lipinski definition) is 2. The first-order valence-corrected chi connectivity index (χ1v) is 7.87. The first-order chi connectivity index (χ1) is 9.65. The van der Waals surface area contributed by atoms with Crippen LogP contribution in [-0.4, -0.2) is 25.2 Å². The summed E-state index contributed by atoms with van der Waals surface area (Å²) in [5, 5.41) is 7.18. The fraction of sp³-hybridized carbons (Fsp3) is 0.647. The number of piperidine rings is 1. The lowest BCUT2D eigenvalue weighted by Gasteiger charge is -2.26. The van der Waals surface area contributed by atoms with Gasteiger partial charge in [-0.3, -0.25) is 0 Å². The van der Waals surface area contributed by atoms with Gasteiger partial charge in [0.15, 0.2) is 0 Å². The normalized spacial score (nSPS) is 20.9. The van der Waals surface area contributed by atoms with Crippen LogP contribution in [0.1, 0.15) is 43.7 Å². The Morgan fingerprint density at radius 3 is 2.95 bits per heavy atom. The van der Waals surface area contributed by atoms with Crippen molar-refractivity contribution < 1.29 is 4.39 Å². The number of benzene rings is 1. The standard InChI is InChI=1S/C17H27FN2/c1-13-11-16(18)7-6-15(13)8-10-19-14(2)12-17-5-3-4-9-20-17/h6-7,11,14,17,19-20H,3-5,8-10,12H2,1-2H3. The van der Waals surface area contributed by atoms with Crippen LogP contribution >= 0.6 is 0 Å². The predicted octanol–water partition coefficient (Wildman–Crippen LogP) is 3.19. The lowest BCUT2D eigenvalue weighted by atomic mass is 9.98. The van der Waals surface area contributed by atoms with Gasteiger partial charge in [-0.25, -0.2) is 4.39 Å². The van der Waals surface area contributed by atoms with Gasteiger partial charge in [0.05, 0.1) is 0 Å². The van der Waals surface area contributed by atoms with E-state index >= 15 is 0 Å². The number of rotatable bonds is 6. The van der Waals surface area contributed by atoms with Crippen molar-refractivity contribution in [3.63, 3.8) is 0 Å². The SMILES string of the molecule is Cc1cc(F)ccc1CCNC(C)CC1CCCCN1. The summed E-state index contributed by atoms with van der Waals surface area (Å²) in [6.07, 6.45) is 6.15. The third-order valence-electron chi connectivity index (χ3n) is 4.24. The Morgan fingerprint density at radius 1 is 1.40 bits per heavy atom. The van der Waals surface area contributed by atoms with Gasteiger partial charge in [0.25, 0.3) is 0 Å². The van der Waals surface area contributed by atoms with Gasteiger partial charge in [0, 0.05) is 12.1 Å². The minimum atomic E-state index is -0.143. The van der Waals surface area contributed by atoms with E-state index in [4.69, 9.17) is 0 Å². The zero-order valence-electron chi connectivity index (χ0n) is 12.7. The molecule has 0 saturated carbocycles. The van der Waals surface area contributed by atoms with Crippen molar-refractivity contribution in [3.8, 4) is 0 Å². The molecule has 20 heavy (non-hydrogen) atoms. The van der Waals surface area contributed by atoms with Crippen molar-refractivity contribution in [3.05, 3.63) is 35.1 Å². The third kappa shape index (κ3) is 4.88. The maximum absolute atomic E-state index is 13.0. The molecule has 0 amide bonds. The molecule has 112 valence electrons. The monoisotopic (exact) mass is 278 g/mol. The lowest BCUT2D eigenvalue weighted by Crippen LogP contribution is -2.40. The van der Waals surface area contributed by atoms with Crippen LogP contribution in [0, 0.1) is 12.7 Å². The molecule has 0 radical (unpaired) electrons. The molecule has 1 aliphatic rings. The number of nitrogens with one attached hydrogen (secondary N) is 2. The zero-order chi connectivity index (χ0) is 14.4. The second-order valence-electron chi connectivity index (χ2n) is 6.06. The van der Waals surface area contributed by atoms with Gasteiger partial charge in [-0.15, -0.1) is 0 Å². The van der Waals surface area contributed by atoms with E-state index < -0.39 is 0 Å². The summed E-state index contributed by atoms with van der Waals surface area (Å²) in [5.74, 6) is -0.143. The molecule has 1 fully saturated rings. The largest absolute Gasteiger partial charge is 0.314 e. The van der Waals surface area contributed by atoms with Gasteiger partial charge >= 0.3 is 0 Å². The number of halogens is 1. The van der Waals surface area contributed by atoms with E-state index in [-0.39, 0.29) is 5.82 Å². The topological polar surface area (TPSA) is 24.1 Å². The molecule has 2 atom stereocenters. The van der Waals surface area contributed by atoms with E-state index in [1.807, 2.05) is 13.0 Å². The second kappa shape index (κ2) is 7.75. The first kappa shape index (κ1) is 15.5. The van der Waals surface area contributed by atoms with Crippen molar-refractivity contribution in [1.29, 1.82) is 0 Å². The minimum absolute atomic E-state index is 0.143. The average molecular weight is 278 g/mol. The summed E-state index contributed by atoms with van der Waals surface area (Å²) in [6.45, 7) is 6.37. The molecule has 2 N–H and O–H groups in total. The summed E-state index contributed by atoms with van der Waals surface area (Å²) in [5.41, 5.74) is 2.29. The summed E-state index contributed by atoms with van der Waals surface area (Å²) < 4.78 is 13.0. The lowest BCUT2D eigenvalue weighted by molar-refractivity contribution is 0.346. The van der Waals surface area contributed by atoms with E-state index in [0.29, 0.717) is 12.1 Å². The van der Waals surface area contributed by atoms with E-state index in [1.54, 1.807) is 12.1 Å². The van der Waals surface area contributed by atoms with Crippen LogP contribution in [0.5, 0.6) is 0 Å². The van der Waals surface area contributed by atoms with Crippen molar-refractivity contribution in [2.45, 2.75) is 58.0 Å². The minimum Gasteiger partial charge on any atom is -0.314 e. The number of aryl methyl sites for hydroxylation is 1. The van der Waals surface area contributed by atoms with E-state index in [0.717, 1.165) is 18.5 Å². The van der Waals surface area contributed by atoms with Gasteiger partial charge in [0.2, 0.25) is 0 Å². The van der Waals surface area contributed by atoms with Crippen LogP contribution in [-0.2, 0) is 6.42 Å². The molecule has 0 bridgehead atoms. The molecule has 0 spiro atoms. The molecule has 1 aromatic rings. The zero-order valence-corrected chi connectivity index (χ0v) is 12.7. The van der Waals surface area contributed by atoms with Gasteiger partial charge < -0.3 is 10.6 Å². The molecule has 2 nitrogen and oxygen atoms in total. The van der Waals surface area contributed by atoms with Crippen LogP contribution < -0.4 is 10.6 Å². The maximum Gasteiger partial charge on any atom is 0.123 e. The molecule has 1 heterocycles. The van der Waals surface area contributed by atoms with Crippen LogP contribution in [0.4, 0.5) is 4.39 Å². The molecular weight excluding hydrogens is 251 g/mol. The molecule has 0 aromatic heterocycles. The van der Waals surface area contributed by atoms with Crippen molar-refractivity contribution >= 4 is 0 Å². The van der Waals surface area contributed by atoms with Gasteiger partial charge in [-0.05, 0) is 75.9 Å².